The second-order valence-electron chi connectivity index (χ2n) is 4.44. The molecule has 0 radical (unpaired) electrons. The maximum absolute atomic E-state index is 13.4. The van der Waals surface area contributed by atoms with Gasteiger partial charge in [-0.25, -0.2) is 4.39 Å². The van der Waals surface area contributed by atoms with Crippen LogP contribution in [0.4, 0.5) is 4.39 Å². The van der Waals surface area contributed by atoms with Crippen molar-refractivity contribution in [3.05, 3.63) is 34.6 Å². The van der Waals surface area contributed by atoms with Crippen molar-refractivity contribution in [2.45, 2.75) is 51.6 Å². The van der Waals surface area contributed by atoms with E-state index in [0.29, 0.717) is 17.0 Å². The fraction of sp³-hybridized carbons (Fsp3) is 0.571. The Hall–Kier alpha value is -0.600. The first-order valence-corrected chi connectivity index (χ1v) is 6.63. The number of halogens is 2. The first-order valence-electron chi connectivity index (χ1n) is 6.25. The lowest BCUT2D eigenvalue weighted by Gasteiger charge is -2.11. The summed E-state index contributed by atoms with van der Waals surface area (Å²) in [6.45, 7) is 2.15. The van der Waals surface area contributed by atoms with Gasteiger partial charge >= 0.3 is 0 Å². The molecule has 1 aromatic carbocycles. The highest BCUT2D eigenvalue weighted by Gasteiger charge is 2.09. The van der Waals surface area contributed by atoms with Crippen LogP contribution in [-0.4, -0.2) is 11.2 Å². The van der Waals surface area contributed by atoms with Crippen LogP contribution in [-0.2, 0) is 6.42 Å². The molecule has 0 fully saturated rings. The molecule has 1 rings (SSSR count). The van der Waals surface area contributed by atoms with Crippen molar-refractivity contribution in [1.29, 1.82) is 0 Å². The molecule has 0 aliphatic carbocycles. The van der Waals surface area contributed by atoms with Gasteiger partial charge in [-0.2, -0.15) is 0 Å². The zero-order valence-corrected chi connectivity index (χ0v) is 11.0. The molecular formula is C14H20ClFO. The lowest BCUT2D eigenvalue weighted by Crippen LogP contribution is -2.11. The van der Waals surface area contributed by atoms with Crippen LogP contribution in [0.15, 0.2) is 18.2 Å². The Kier molecular flexibility index (Phi) is 6.53. The van der Waals surface area contributed by atoms with Crippen LogP contribution in [0, 0.1) is 5.82 Å². The molecule has 0 spiro atoms. The van der Waals surface area contributed by atoms with Crippen LogP contribution in [0.5, 0.6) is 0 Å². The van der Waals surface area contributed by atoms with Gasteiger partial charge in [0.2, 0.25) is 0 Å². The van der Waals surface area contributed by atoms with E-state index in [1.165, 1.54) is 25.0 Å². The summed E-state index contributed by atoms with van der Waals surface area (Å²) in [6.07, 6.45) is 5.10. The van der Waals surface area contributed by atoms with E-state index in [1.807, 2.05) is 0 Å². The van der Waals surface area contributed by atoms with E-state index in [2.05, 4.69) is 6.92 Å². The van der Waals surface area contributed by atoms with Crippen LogP contribution < -0.4 is 0 Å². The minimum Gasteiger partial charge on any atom is -0.393 e. The van der Waals surface area contributed by atoms with Crippen molar-refractivity contribution < 1.29 is 9.50 Å². The lowest BCUT2D eigenvalue weighted by molar-refractivity contribution is 0.160. The van der Waals surface area contributed by atoms with Gasteiger partial charge in [0.05, 0.1) is 6.10 Å². The Labute approximate surface area is 108 Å². The fourth-order valence-corrected chi connectivity index (χ4v) is 2.06. The quantitative estimate of drug-likeness (QED) is 0.721. The minimum atomic E-state index is -0.472. The minimum absolute atomic E-state index is 0.290. The number of hydrogen-bond donors (Lipinski definition) is 1. The molecule has 1 aromatic rings. The van der Waals surface area contributed by atoms with Crippen LogP contribution >= 0.6 is 11.6 Å². The molecule has 3 heteroatoms. The number of aliphatic hydroxyl groups is 1. The Balaban J connectivity index is 2.39. The number of aliphatic hydroxyl groups excluding tert-OH is 1. The third-order valence-electron chi connectivity index (χ3n) is 2.85. The second kappa shape index (κ2) is 7.67. The van der Waals surface area contributed by atoms with Gasteiger partial charge in [-0.15, -0.1) is 0 Å². The predicted octanol–water partition coefficient (Wildman–Crippen LogP) is 4.35. The largest absolute Gasteiger partial charge is 0.393 e. The number of benzene rings is 1. The SMILES string of the molecule is CCCCCCC(O)Cc1cc(Cl)ccc1F. The summed E-state index contributed by atoms with van der Waals surface area (Å²) < 4.78 is 13.4. The molecule has 1 N–H and O–H groups in total. The standard InChI is InChI=1S/C14H20ClFO/c1-2-3-4-5-6-13(17)10-11-9-12(15)7-8-14(11)16/h7-9,13,17H,2-6,10H2,1H3. The van der Waals surface area contributed by atoms with Crippen molar-refractivity contribution in [2.75, 3.05) is 0 Å². The van der Waals surface area contributed by atoms with E-state index in [1.54, 1.807) is 6.07 Å². The summed E-state index contributed by atoms with van der Waals surface area (Å²) in [5.74, 6) is -0.290. The molecule has 0 aromatic heterocycles. The fourth-order valence-electron chi connectivity index (χ4n) is 1.86. The van der Waals surface area contributed by atoms with E-state index < -0.39 is 6.10 Å². The maximum Gasteiger partial charge on any atom is 0.126 e. The number of unbranched alkanes of at least 4 members (excludes halogenated alkanes) is 3. The van der Waals surface area contributed by atoms with Crippen LogP contribution in [0.1, 0.15) is 44.6 Å². The van der Waals surface area contributed by atoms with E-state index >= 15 is 0 Å². The lowest BCUT2D eigenvalue weighted by atomic mass is 10.0. The highest BCUT2D eigenvalue weighted by Crippen LogP contribution is 2.18. The van der Waals surface area contributed by atoms with Crippen molar-refractivity contribution >= 4 is 11.6 Å². The Morgan fingerprint density at radius 3 is 2.76 bits per heavy atom. The molecule has 1 nitrogen and oxygen atoms in total. The molecule has 0 heterocycles. The monoisotopic (exact) mass is 258 g/mol. The summed E-state index contributed by atoms with van der Waals surface area (Å²) in [4.78, 5) is 0. The van der Waals surface area contributed by atoms with E-state index in [-0.39, 0.29) is 5.82 Å². The average molecular weight is 259 g/mol. The predicted molar refractivity (Wildman–Crippen MR) is 69.9 cm³/mol. The van der Waals surface area contributed by atoms with Crippen molar-refractivity contribution in [2.24, 2.45) is 0 Å². The van der Waals surface area contributed by atoms with Crippen molar-refractivity contribution in [3.8, 4) is 0 Å². The topological polar surface area (TPSA) is 20.2 Å². The van der Waals surface area contributed by atoms with Crippen molar-refractivity contribution in [1.82, 2.24) is 0 Å². The average Bonchev–Trinajstić information content (AvgIpc) is 2.29. The van der Waals surface area contributed by atoms with Crippen LogP contribution in [0.3, 0.4) is 0 Å². The van der Waals surface area contributed by atoms with Crippen LogP contribution in [0.2, 0.25) is 5.02 Å². The molecule has 96 valence electrons. The maximum atomic E-state index is 13.4. The van der Waals surface area contributed by atoms with E-state index in [4.69, 9.17) is 11.6 Å². The highest BCUT2D eigenvalue weighted by atomic mass is 35.5. The third kappa shape index (κ3) is 5.51. The molecule has 0 amide bonds. The van der Waals surface area contributed by atoms with Gasteiger partial charge < -0.3 is 5.11 Å². The van der Waals surface area contributed by atoms with Gasteiger partial charge in [-0.05, 0) is 30.2 Å². The van der Waals surface area contributed by atoms with Gasteiger partial charge in [0.25, 0.3) is 0 Å². The normalized spacial score (nSPS) is 12.7. The zero-order chi connectivity index (χ0) is 12.7. The van der Waals surface area contributed by atoms with Gasteiger partial charge in [0.1, 0.15) is 5.82 Å². The Bertz CT molecular complexity index is 341. The van der Waals surface area contributed by atoms with Gasteiger partial charge in [-0.3, -0.25) is 0 Å². The number of hydrogen-bond acceptors (Lipinski definition) is 1. The van der Waals surface area contributed by atoms with Crippen LogP contribution in [0.25, 0.3) is 0 Å². The highest BCUT2D eigenvalue weighted by molar-refractivity contribution is 6.30. The second-order valence-corrected chi connectivity index (χ2v) is 4.88. The number of rotatable bonds is 7. The molecule has 0 aliphatic rings. The molecule has 0 saturated heterocycles. The van der Waals surface area contributed by atoms with Gasteiger partial charge in [0, 0.05) is 11.4 Å². The zero-order valence-electron chi connectivity index (χ0n) is 10.3. The summed E-state index contributed by atoms with van der Waals surface area (Å²) in [5.41, 5.74) is 0.500. The molecule has 17 heavy (non-hydrogen) atoms. The summed E-state index contributed by atoms with van der Waals surface area (Å²) in [6, 6.07) is 4.46. The van der Waals surface area contributed by atoms with Crippen molar-refractivity contribution in [3.63, 3.8) is 0 Å². The van der Waals surface area contributed by atoms with Gasteiger partial charge in [-0.1, -0.05) is 44.2 Å². The smallest absolute Gasteiger partial charge is 0.126 e. The summed E-state index contributed by atoms with van der Waals surface area (Å²) >= 11 is 5.80. The molecule has 0 bridgehead atoms. The molecule has 0 aliphatic heterocycles. The first kappa shape index (κ1) is 14.5. The van der Waals surface area contributed by atoms with E-state index in [9.17, 15) is 9.50 Å². The molecular weight excluding hydrogens is 239 g/mol. The van der Waals surface area contributed by atoms with Gasteiger partial charge in [0.15, 0.2) is 0 Å². The molecule has 0 saturated carbocycles. The third-order valence-corrected chi connectivity index (χ3v) is 3.09. The Morgan fingerprint density at radius 1 is 1.29 bits per heavy atom. The molecule has 1 unspecified atom stereocenters. The Morgan fingerprint density at radius 2 is 2.06 bits per heavy atom. The summed E-state index contributed by atoms with van der Waals surface area (Å²) in [7, 11) is 0. The molecule has 1 atom stereocenters. The first-order chi connectivity index (χ1) is 8.13. The van der Waals surface area contributed by atoms with E-state index in [0.717, 1.165) is 19.3 Å². The summed E-state index contributed by atoms with van der Waals surface area (Å²) in [5, 5.41) is 10.3.